The number of likely N-dealkylation sites (tertiary alicyclic amines) is 1. The standard InChI is InChI=1S/C20H20FN3O2S/c21-15-6-1-2-7-16(15)22-20-24(12-5-11-23-10-3-9-19(23)25)17(14-27-20)18-8-4-13-26-18/h1-2,4,6-8,13-14H,3,5,9-12H2. The van der Waals surface area contributed by atoms with E-state index in [1.165, 1.54) is 17.4 Å². The van der Waals surface area contributed by atoms with Gasteiger partial charge in [0.25, 0.3) is 0 Å². The van der Waals surface area contributed by atoms with Crippen molar-refractivity contribution in [3.05, 3.63) is 58.7 Å². The van der Waals surface area contributed by atoms with Crippen LogP contribution in [0.2, 0.25) is 0 Å². The number of halogens is 1. The Balaban J connectivity index is 1.63. The van der Waals surface area contributed by atoms with Gasteiger partial charge in [-0.05, 0) is 37.1 Å². The predicted molar refractivity (Wildman–Crippen MR) is 102 cm³/mol. The zero-order chi connectivity index (χ0) is 18.6. The molecule has 27 heavy (non-hydrogen) atoms. The molecule has 2 aromatic heterocycles. The Hall–Kier alpha value is -2.67. The minimum atomic E-state index is -0.348. The van der Waals surface area contributed by atoms with Crippen LogP contribution in [-0.4, -0.2) is 28.5 Å². The molecule has 1 aliphatic rings. The molecule has 1 aliphatic heterocycles. The fourth-order valence-electron chi connectivity index (χ4n) is 3.26. The van der Waals surface area contributed by atoms with Crippen molar-refractivity contribution in [1.29, 1.82) is 0 Å². The van der Waals surface area contributed by atoms with Crippen LogP contribution in [0.25, 0.3) is 11.5 Å². The number of furan rings is 1. The van der Waals surface area contributed by atoms with Crippen LogP contribution in [0.4, 0.5) is 10.1 Å². The van der Waals surface area contributed by atoms with Crippen LogP contribution in [0.5, 0.6) is 0 Å². The SMILES string of the molecule is O=C1CCCN1CCCn1c(-c2ccco2)csc1=Nc1ccccc1F. The molecule has 0 bridgehead atoms. The van der Waals surface area contributed by atoms with Gasteiger partial charge in [-0.1, -0.05) is 12.1 Å². The highest BCUT2D eigenvalue weighted by molar-refractivity contribution is 7.07. The van der Waals surface area contributed by atoms with Crippen LogP contribution in [0.1, 0.15) is 19.3 Å². The van der Waals surface area contributed by atoms with Crippen LogP contribution >= 0.6 is 11.3 Å². The van der Waals surface area contributed by atoms with Crippen molar-refractivity contribution in [3.63, 3.8) is 0 Å². The minimum absolute atomic E-state index is 0.229. The summed E-state index contributed by atoms with van der Waals surface area (Å²) in [5, 5.41) is 1.97. The van der Waals surface area contributed by atoms with Gasteiger partial charge in [0.2, 0.25) is 5.91 Å². The Morgan fingerprint density at radius 1 is 1.19 bits per heavy atom. The van der Waals surface area contributed by atoms with Gasteiger partial charge < -0.3 is 13.9 Å². The second kappa shape index (κ2) is 7.92. The number of rotatable bonds is 6. The van der Waals surface area contributed by atoms with Gasteiger partial charge in [0, 0.05) is 31.4 Å². The average Bonchev–Trinajstić information content (AvgIpc) is 3.40. The Bertz CT molecular complexity index is 991. The summed E-state index contributed by atoms with van der Waals surface area (Å²) in [5.41, 5.74) is 1.22. The van der Waals surface area contributed by atoms with Gasteiger partial charge in [0.1, 0.15) is 11.5 Å². The zero-order valence-electron chi connectivity index (χ0n) is 14.8. The van der Waals surface area contributed by atoms with Crippen molar-refractivity contribution >= 4 is 22.9 Å². The molecule has 0 aliphatic carbocycles. The molecule has 5 nitrogen and oxygen atoms in total. The maximum absolute atomic E-state index is 14.0. The summed E-state index contributed by atoms with van der Waals surface area (Å²) in [6.45, 7) is 2.24. The third-order valence-corrected chi connectivity index (χ3v) is 5.48. The van der Waals surface area contributed by atoms with Gasteiger partial charge in [-0.15, -0.1) is 11.3 Å². The smallest absolute Gasteiger partial charge is 0.222 e. The van der Waals surface area contributed by atoms with Crippen LogP contribution in [0.3, 0.4) is 0 Å². The predicted octanol–water partition coefficient (Wildman–Crippen LogP) is 4.19. The van der Waals surface area contributed by atoms with E-state index in [0.29, 0.717) is 23.5 Å². The van der Waals surface area contributed by atoms with Crippen LogP contribution in [0.15, 0.2) is 57.5 Å². The lowest BCUT2D eigenvalue weighted by Gasteiger charge is -2.16. The molecule has 3 heterocycles. The molecule has 1 fully saturated rings. The molecule has 0 N–H and O–H groups in total. The molecule has 4 rings (SSSR count). The average molecular weight is 385 g/mol. The monoisotopic (exact) mass is 385 g/mol. The summed E-state index contributed by atoms with van der Waals surface area (Å²) >= 11 is 1.45. The van der Waals surface area contributed by atoms with Crippen molar-refractivity contribution < 1.29 is 13.6 Å². The second-order valence-electron chi connectivity index (χ2n) is 6.43. The molecular weight excluding hydrogens is 365 g/mol. The third kappa shape index (κ3) is 3.88. The Morgan fingerprint density at radius 3 is 2.81 bits per heavy atom. The highest BCUT2D eigenvalue weighted by atomic mass is 32.1. The highest BCUT2D eigenvalue weighted by Gasteiger charge is 2.19. The summed E-state index contributed by atoms with van der Waals surface area (Å²) < 4.78 is 21.6. The van der Waals surface area contributed by atoms with Crippen molar-refractivity contribution in [1.82, 2.24) is 9.47 Å². The highest BCUT2D eigenvalue weighted by Crippen LogP contribution is 2.22. The number of hydrogen-bond acceptors (Lipinski definition) is 4. The molecule has 7 heteroatoms. The molecule has 1 amide bonds. The van der Waals surface area contributed by atoms with Crippen molar-refractivity contribution in [2.24, 2.45) is 4.99 Å². The molecular formula is C20H20FN3O2S. The quantitative estimate of drug-likeness (QED) is 0.639. The first-order chi connectivity index (χ1) is 13.2. The Kier molecular flexibility index (Phi) is 5.20. The fourth-order valence-corrected chi connectivity index (χ4v) is 4.19. The number of aromatic nitrogens is 1. The molecule has 0 spiro atoms. The molecule has 0 unspecified atom stereocenters. The molecule has 0 radical (unpaired) electrons. The van der Waals surface area contributed by atoms with E-state index in [1.54, 1.807) is 24.5 Å². The van der Waals surface area contributed by atoms with Gasteiger partial charge in [-0.25, -0.2) is 9.38 Å². The van der Waals surface area contributed by atoms with E-state index in [9.17, 15) is 9.18 Å². The summed E-state index contributed by atoms with van der Waals surface area (Å²) in [7, 11) is 0. The fraction of sp³-hybridized carbons (Fsp3) is 0.300. The summed E-state index contributed by atoms with van der Waals surface area (Å²) in [6.07, 6.45) is 4.03. The van der Waals surface area contributed by atoms with Gasteiger partial charge in [-0.2, -0.15) is 0 Å². The van der Waals surface area contributed by atoms with E-state index in [4.69, 9.17) is 4.42 Å². The number of hydrogen-bond donors (Lipinski definition) is 0. The van der Waals surface area contributed by atoms with E-state index in [1.807, 2.05) is 27.0 Å². The van der Waals surface area contributed by atoms with Gasteiger partial charge in [0.05, 0.1) is 12.0 Å². The summed E-state index contributed by atoms with van der Waals surface area (Å²) in [6, 6.07) is 10.2. The van der Waals surface area contributed by atoms with Gasteiger partial charge >= 0.3 is 0 Å². The molecule has 1 aromatic carbocycles. The lowest BCUT2D eigenvalue weighted by atomic mass is 10.3. The number of nitrogens with zero attached hydrogens (tertiary/aromatic N) is 3. The maximum Gasteiger partial charge on any atom is 0.222 e. The summed E-state index contributed by atoms with van der Waals surface area (Å²) in [4.78, 5) is 19.0. The lowest BCUT2D eigenvalue weighted by Crippen LogP contribution is -2.27. The molecule has 140 valence electrons. The number of carbonyl (C=O) groups excluding carboxylic acids is 1. The molecule has 0 atom stereocenters. The van der Waals surface area contributed by atoms with Crippen LogP contribution in [0, 0.1) is 5.82 Å². The van der Waals surface area contributed by atoms with E-state index < -0.39 is 0 Å². The van der Waals surface area contributed by atoms with E-state index >= 15 is 0 Å². The molecule has 1 saturated heterocycles. The van der Waals surface area contributed by atoms with E-state index in [2.05, 4.69) is 4.99 Å². The minimum Gasteiger partial charge on any atom is -0.463 e. The van der Waals surface area contributed by atoms with Crippen molar-refractivity contribution in [3.8, 4) is 11.5 Å². The Morgan fingerprint density at radius 2 is 2.07 bits per heavy atom. The van der Waals surface area contributed by atoms with Crippen molar-refractivity contribution in [2.45, 2.75) is 25.8 Å². The first-order valence-corrected chi connectivity index (χ1v) is 9.89. The van der Waals surface area contributed by atoms with Gasteiger partial charge in [-0.3, -0.25) is 4.79 Å². The second-order valence-corrected chi connectivity index (χ2v) is 7.27. The topological polar surface area (TPSA) is 50.7 Å². The molecule has 3 aromatic rings. The first-order valence-electron chi connectivity index (χ1n) is 9.01. The van der Waals surface area contributed by atoms with Crippen LogP contribution in [-0.2, 0) is 11.3 Å². The lowest BCUT2D eigenvalue weighted by molar-refractivity contribution is -0.127. The third-order valence-electron chi connectivity index (χ3n) is 4.62. The number of amides is 1. The zero-order valence-corrected chi connectivity index (χ0v) is 15.6. The largest absolute Gasteiger partial charge is 0.463 e. The van der Waals surface area contributed by atoms with E-state index in [0.717, 1.165) is 37.4 Å². The normalized spacial score (nSPS) is 15.1. The number of benzene rings is 1. The molecule has 0 saturated carbocycles. The Labute approximate surface area is 160 Å². The maximum atomic E-state index is 14.0. The number of para-hydroxylation sites is 1. The van der Waals surface area contributed by atoms with Crippen LogP contribution < -0.4 is 4.80 Å². The number of thiazole rings is 1. The van der Waals surface area contributed by atoms with Gasteiger partial charge in [0.15, 0.2) is 10.6 Å². The first kappa shape index (κ1) is 17.7. The van der Waals surface area contributed by atoms with Crippen molar-refractivity contribution in [2.75, 3.05) is 13.1 Å². The summed E-state index contributed by atoms with van der Waals surface area (Å²) in [5.74, 6) is 0.631. The van der Waals surface area contributed by atoms with E-state index in [-0.39, 0.29) is 11.7 Å². The number of carbonyl (C=O) groups is 1.